The van der Waals surface area contributed by atoms with Gasteiger partial charge >= 0.3 is 11.9 Å². The van der Waals surface area contributed by atoms with E-state index in [1.165, 1.54) is 0 Å². The SMILES string of the molecule is C=C(C)C(=O)OCCC(C)O.C=CC(=O)OCCC(C)O. The van der Waals surface area contributed by atoms with E-state index < -0.39 is 24.1 Å². The van der Waals surface area contributed by atoms with Crippen molar-refractivity contribution in [2.24, 2.45) is 0 Å². The van der Waals surface area contributed by atoms with E-state index in [0.717, 1.165) is 6.08 Å². The molecule has 122 valence electrons. The maximum Gasteiger partial charge on any atom is 0.333 e. The average molecular weight is 302 g/mol. The van der Waals surface area contributed by atoms with Crippen LogP contribution >= 0.6 is 0 Å². The monoisotopic (exact) mass is 302 g/mol. The van der Waals surface area contributed by atoms with Crippen LogP contribution in [-0.4, -0.2) is 47.6 Å². The Labute approximate surface area is 126 Å². The highest BCUT2D eigenvalue weighted by Gasteiger charge is 2.03. The molecule has 0 aliphatic rings. The van der Waals surface area contributed by atoms with Gasteiger partial charge in [-0.1, -0.05) is 13.2 Å². The summed E-state index contributed by atoms with van der Waals surface area (Å²) >= 11 is 0. The molecule has 2 N–H and O–H groups in total. The third-order valence-electron chi connectivity index (χ3n) is 2.06. The van der Waals surface area contributed by atoms with Gasteiger partial charge in [-0.25, -0.2) is 9.59 Å². The smallest absolute Gasteiger partial charge is 0.333 e. The summed E-state index contributed by atoms with van der Waals surface area (Å²) in [4.78, 5) is 21.1. The van der Waals surface area contributed by atoms with Gasteiger partial charge in [0.05, 0.1) is 25.4 Å². The molecule has 0 rings (SSSR count). The molecule has 0 aliphatic heterocycles. The minimum atomic E-state index is -0.444. The second kappa shape index (κ2) is 13.3. The Morgan fingerprint density at radius 2 is 1.52 bits per heavy atom. The van der Waals surface area contributed by atoms with Crippen LogP contribution in [0.1, 0.15) is 33.6 Å². The summed E-state index contributed by atoms with van der Waals surface area (Å²) in [5.41, 5.74) is 0.385. The number of rotatable bonds is 8. The van der Waals surface area contributed by atoms with Crippen molar-refractivity contribution in [3.8, 4) is 0 Å². The van der Waals surface area contributed by atoms with Crippen molar-refractivity contribution >= 4 is 11.9 Å². The standard InChI is InChI=1S/C8H14O3.C7H12O3/c1-6(2)8(10)11-5-4-7(3)9;1-3-7(9)10-5-4-6(2)8/h7,9H,1,4-5H2,2-3H3;3,6,8H,1,4-5H2,2H3. The van der Waals surface area contributed by atoms with Crippen LogP contribution in [0.5, 0.6) is 0 Å². The fourth-order valence-corrected chi connectivity index (χ4v) is 0.834. The van der Waals surface area contributed by atoms with Crippen LogP contribution in [0, 0.1) is 0 Å². The molecule has 0 saturated heterocycles. The van der Waals surface area contributed by atoms with E-state index in [-0.39, 0.29) is 13.2 Å². The lowest BCUT2D eigenvalue weighted by molar-refractivity contribution is -0.140. The van der Waals surface area contributed by atoms with Gasteiger partial charge in [-0.15, -0.1) is 0 Å². The molecule has 2 atom stereocenters. The highest BCUT2D eigenvalue weighted by Crippen LogP contribution is 1.95. The van der Waals surface area contributed by atoms with Crippen LogP contribution in [-0.2, 0) is 19.1 Å². The van der Waals surface area contributed by atoms with Crippen molar-refractivity contribution < 1.29 is 29.3 Å². The molecule has 0 bridgehead atoms. The molecule has 0 heterocycles. The molecule has 0 fully saturated rings. The molecule has 0 radical (unpaired) electrons. The van der Waals surface area contributed by atoms with Gasteiger partial charge in [0.15, 0.2) is 0 Å². The van der Waals surface area contributed by atoms with E-state index in [4.69, 9.17) is 14.9 Å². The Kier molecular flexibility index (Phi) is 13.7. The van der Waals surface area contributed by atoms with Gasteiger partial charge in [-0.2, -0.15) is 0 Å². The lowest BCUT2D eigenvalue weighted by Gasteiger charge is -2.05. The molecule has 0 aromatic rings. The number of ether oxygens (including phenoxy) is 2. The molecule has 2 unspecified atom stereocenters. The predicted octanol–water partition coefficient (Wildman–Crippen LogP) is 1.36. The maximum absolute atomic E-state index is 10.7. The quantitative estimate of drug-likeness (QED) is 0.519. The predicted molar refractivity (Wildman–Crippen MR) is 79.5 cm³/mol. The lowest BCUT2D eigenvalue weighted by Crippen LogP contribution is -2.10. The third-order valence-corrected chi connectivity index (χ3v) is 2.06. The number of carbonyl (C=O) groups is 2. The Morgan fingerprint density at radius 1 is 1.10 bits per heavy atom. The first-order valence-corrected chi connectivity index (χ1v) is 6.68. The molecule has 0 saturated carbocycles. The van der Waals surface area contributed by atoms with E-state index in [2.05, 4.69) is 17.9 Å². The van der Waals surface area contributed by atoms with Crippen molar-refractivity contribution in [3.63, 3.8) is 0 Å². The van der Waals surface area contributed by atoms with Gasteiger partial charge in [0, 0.05) is 24.5 Å². The zero-order valence-electron chi connectivity index (χ0n) is 13.0. The number of aliphatic hydroxyl groups excluding tert-OH is 2. The summed E-state index contributed by atoms with van der Waals surface area (Å²) in [6.45, 7) is 12.0. The molecule has 0 aromatic heterocycles. The largest absolute Gasteiger partial charge is 0.462 e. The molecule has 6 nitrogen and oxygen atoms in total. The Morgan fingerprint density at radius 3 is 1.86 bits per heavy atom. The summed E-state index contributed by atoms with van der Waals surface area (Å²) in [5, 5.41) is 17.5. The molecular weight excluding hydrogens is 276 g/mol. The van der Waals surface area contributed by atoms with E-state index >= 15 is 0 Å². The van der Waals surface area contributed by atoms with Gasteiger partial charge in [-0.3, -0.25) is 0 Å². The normalized spacial score (nSPS) is 12.2. The highest BCUT2D eigenvalue weighted by atomic mass is 16.5. The second-order valence-electron chi connectivity index (χ2n) is 4.56. The van der Waals surface area contributed by atoms with Gasteiger partial charge in [0.25, 0.3) is 0 Å². The van der Waals surface area contributed by atoms with Crippen LogP contribution in [0.15, 0.2) is 24.8 Å². The first-order chi connectivity index (χ1) is 9.70. The number of hydrogen-bond donors (Lipinski definition) is 2. The molecule has 0 aliphatic carbocycles. The van der Waals surface area contributed by atoms with E-state index in [0.29, 0.717) is 18.4 Å². The molecule has 21 heavy (non-hydrogen) atoms. The molecule has 0 aromatic carbocycles. The van der Waals surface area contributed by atoms with E-state index in [1.54, 1.807) is 20.8 Å². The van der Waals surface area contributed by atoms with Crippen LogP contribution < -0.4 is 0 Å². The van der Waals surface area contributed by atoms with E-state index in [9.17, 15) is 9.59 Å². The molecular formula is C15H26O6. The van der Waals surface area contributed by atoms with Gasteiger partial charge in [-0.05, 0) is 20.8 Å². The number of carbonyl (C=O) groups excluding carboxylic acids is 2. The van der Waals surface area contributed by atoms with Crippen LogP contribution in [0.25, 0.3) is 0 Å². The summed E-state index contributed by atoms with van der Waals surface area (Å²) in [6.07, 6.45) is 1.20. The minimum Gasteiger partial charge on any atom is -0.462 e. The summed E-state index contributed by atoms with van der Waals surface area (Å²) in [5.74, 6) is -0.841. The van der Waals surface area contributed by atoms with Crippen molar-refractivity contribution in [2.45, 2.75) is 45.8 Å². The first kappa shape index (κ1) is 21.6. The third kappa shape index (κ3) is 18.3. The topological polar surface area (TPSA) is 93.1 Å². The van der Waals surface area contributed by atoms with Crippen molar-refractivity contribution in [3.05, 3.63) is 24.8 Å². The fraction of sp³-hybridized carbons (Fsp3) is 0.600. The molecule has 0 spiro atoms. The van der Waals surface area contributed by atoms with Crippen molar-refractivity contribution in [1.82, 2.24) is 0 Å². The Balaban J connectivity index is 0. The minimum absolute atomic E-state index is 0.252. The summed E-state index contributed by atoms with van der Waals surface area (Å²) in [6, 6.07) is 0. The highest BCUT2D eigenvalue weighted by molar-refractivity contribution is 5.86. The fourth-order valence-electron chi connectivity index (χ4n) is 0.834. The van der Waals surface area contributed by atoms with Crippen LogP contribution in [0.2, 0.25) is 0 Å². The van der Waals surface area contributed by atoms with Gasteiger partial charge < -0.3 is 19.7 Å². The average Bonchev–Trinajstić information content (AvgIpc) is 2.38. The van der Waals surface area contributed by atoms with Crippen LogP contribution in [0.3, 0.4) is 0 Å². The zero-order chi connectivity index (χ0) is 16.8. The summed E-state index contributed by atoms with van der Waals surface area (Å²) in [7, 11) is 0. The van der Waals surface area contributed by atoms with E-state index in [1.807, 2.05) is 0 Å². The summed E-state index contributed by atoms with van der Waals surface area (Å²) < 4.78 is 9.30. The number of hydrogen-bond acceptors (Lipinski definition) is 6. The zero-order valence-corrected chi connectivity index (χ0v) is 13.0. The van der Waals surface area contributed by atoms with Crippen LogP contribution in [0.4, 0.5) is 0 Å². The maximum atomic E-state index is 10.7. The van der Waals surface area contributed by atoms with Gasteiger partial charge in [0.2, 0.25) is 0 Å². The number of esters is 2. The van der Waals surface area contributed by atoms with Crippen molar-refractivity contribution in [2.75, 3.05) is 13.2 Å². The number of aliphatic hydroxyl groups is 2. The molecule has 0 amide bonds. The Bertz CT molecular complexity index is 333. The lowest BCUT2D eigenvalue weighted by atomic mass is 10.3. The molecule has 6 heteroatoms. The second-order valence-corrected chi connectivity index (χ2v) is 4.56. The van der Waals surface area contributed by atoms with Crippen molar-refractivity contribution in [1.29, 1.82) is 0 Å². The Hall–Kier alpha value is -1.66. The first-order valence-electron chi connectivity index (χ1n) is 6.68. The van der Waals surface area contributed by atoms with Gasteiger partial charge in [0.1, 0.15) is 0 Å².